The van der Waals surface area contributed by atoms with E-state index >= 15 is 0 Å². The smallest absolute Gasteiger partial charge is 0.320 e. The Morgan fingerprint density at radius 2 is 2.00 bits per heavy atom. The first-order valence-electron chi connectivity index (χ1n) is 5.80. The van der Waals surface area contributed by atoms with Gasteiger partial charge in [-0.3, -0.25) is 9.69 Å². The molecule has 0 amide bonds. The largest absolute Gasteiger partial charge is 0.480 e. The number of aliphatic carboxylic acids is 1. The Morgan fingerprint density at radius 1 is 1.33 bits per heavy atom. The van der Waals surface area contributed by atoms with Gasteiger partial charge in [-0.1, -0.05) is 12.8 Å². The van der Waals surface area contributed by atoms with Gasteiger partial charge in [0.15, 0.2) is 0 Å². The van der Waals surface area contributed by atoms with E-state index in [2.05, 4.69) is 0 Å². The first kappa shape index (κ1) is 10.9. The van der Waals surface area contributed by atoms with Gasteiger partial charge in [0, 0.05) is 6.54 Å². The highest BCUT2D eigenvalue weighted by molar-refractivity contribution is 5.73. The minimum Gasteiger partial charge on any atom is -0.480 e. The predicted molar refractivity (Wildman–Crippen MR) is 55.6 cm³/mol. The van der Waals surface area contributed by atoms with Gasteiger partial charge in [0.05, 0.1) is 5.60 Å². The molecule has 1 saturated heterocycles. The lowest BCUT2D eigenvalue weighted by atomic mass is 10.0. The van der Waals surface area contributed by atoms with Gasteiger partial charge in [-0.15, -0.1) is 0 Å². The summed E-state index contributed by atoms with van der Waals surface area (Å²) in [6.45, 7) is 1.36. The molecule has 0 aromatic heterocycles. The summed E-state index contributed by atoms with van der Waals surface area (Å²) >= 11 is 0. The summed E-state index contributed by atoms with van der Waals surface area (Å²) in [7, 11) is 0. The minimum atomic E-state index is -0.742. The fourth-order valence-corrected chi connectivity index (χ4v) is 2.86. The molecule has 1 aliphatic carbocycles. The van der Waals surface area contributed by atoms with Crippen molar-refractivity contribution in [2.45, 2.75) is 50.2 Å². The number of nitrogens with zero attached hydrogens (tertiary/aromatic N) is 1. The lowest BCUT2D eigenvalue weighted by molar-refractivity contribution is -0.143. The van der Waals surface area contributed by atoms with Crippen LogP contribution in [0.1, 0.15) is 38.5 Å². The number of likely N-dealkylation sites (tertiary alicyclic amines) is 1. The van der Waals surface area contributed by atoms with Crippen molar-refractivity contribution in [1.29, 1.82) is 0 Å². The van der Waals surface area contributed by atoms with Crippen LogP contribution in [0.25, 0.3) is 0 Å². The highest BCUT2D eigenvalue weighted by Gasteiger charge is 2.38. The lowest BCUT2D eigenvalue weighted by Gasteiger charge is -2.30. The zero-order valence-electron chi connectivity index (χ0n) is 8.98. The van der Waals surface area contributed by atoms with E-state index in [0.29, 0.717) is 6.54 Å². The zero-order chi connectivity index (χ0) is 10.9. The van der Waals surface area contributed by atoms with Gasteiger partial charge in [-0.05, 0) is 32.2 Å². The van der Waals surface area contributed by atoms with E-state index in [1.165, 1.54) is 0 Å². The van der Waals surface area contributed by atoms with Crippen molar-refractivity contribution in [1.82, 2.24) is 4.90 Å². The molecule has 0 aromatic carbocycles. The average Bonchev–Trinajstić information content (AvgIpc) is 2.75. The summed E-state index contributed by atoms with van der Waals surface area (Å²) in [5.41, 5.74) is -0.613. The summed E-state index contributed by atoms with van der Waals surface area (Å²) in [6, 6.07) is -0.366. The van der Waals surface area contributed by atoms with Gasteiger partial charge in [-0.25, -0.2) is 0 Å². The Labute approximate surface area is 89.9 Å². The monoisotopic (exact) mass is 213 g/mol. The van der Waals surface area contributed by atoms with Crippen LogP contribution in [-0.4, -0.2) is 45.8 Å². The number of carbonyl (C=O) groups is 1. The summed E-state index contributed by atoms with van der Waals surface area (Å²) in [5, 5.41) is 19.2. The van der Waals surface area contributed by atoms with E-state index in [9.17, 15) is 9.90 Å². The molecule has 1 aliphatic heterocycles. The van der Waals surface area contributed by atoms with Crippen LogP contribution in [0.3, 0.4) is 0 Å². The summed E-state index contributed by atoms with van der Waals surface area (Å²) < 4.78 is 0. The van der Waals surface area contributed by atoms with Gasteiger partial charge < -0.3 is 10.2 Å². The molecule has 0 radical (unpaired) electrons. The number of β-amino-alcohol motifs (C(OH)–C–C–N with tert-alkyl or cyclic N) is 1. The summed E-state index contributed by atoms with van der Waals surface area (Å²) in [5.74, 6) is -0.742. The van der Waals surface area contributed by atoms with Crippen molar-refractivity contribution in [3.8, 4) is 0 Å². The van der Waals surface area contributed by atoms with Crippen molar-refractivity contribution in [3.63, 3.8) is 0 Å². The van der Waals surface area contributed by atoms with E-state index in [-0.39, 0.29) is 6.04 Å². The Balaban J connectivity index is 1.95. The molecule has 4 heteroatoms. The second-order valence-electron chi connectivity index (χ2n) is 4.90. The molecule has 0 aromatic rings. The highest BCUT2D eigenvalue weighted by atomic mass is 16.4. The predicted octanol–water partition coefficient (Wildman–Crippen LogP) is 0.840. The molecule has 1 heterocycles. The second-order valence-corrected chi connectivity index (χ2v) is 4.90. The van der Waals surface area contributed by atoms with E-state index in [0.717, 1.165) is 45.1 Å². The molecular weight excluding hydrogens is 194 g/mol. The average molecular weight is 213 g/mol. The molecule has 15 heavy (non-hydrogen) atoms. The number of aliphatic hydroxyl groups is 1. The normalized spacial score (nSPS) is 30.9. The fourth-order valence-electron chi connectivity index (χ4n) is 2.86. The van der Waals surface area contributed by atoms with Gasteiger partial charge in [0.1, 0.15) is 6.04 Å². The van der Waals surface area contributed by atoms with Crippen molar-refractivity contribution in [2.75, 3.05) is 13.1 Å². The molecule has 2 rings (SSSR count). The number of carboxylic acid groups (broad SMARTS) is 1. The Hall–Kier alpha value is -0.610. The van der Waals surface area contributed by atoms with Gasteiger partial charge >= 0.3 is 5.97 Å². The maximum atomic E-state index is 11.0. The van der Waals surface area contributed by atoms with Crippen LogP contribution in [0.4, 0.5) is 0 Å². The van der Waals surface area contributed by atoms with Gasteiger partial charge in [0.25, 0.3) is 0 Å². The first-order valence-corrected chi connectivity index (χ1v) is 5.80. The van der Waals surface area contributed by atoms with Crippen LogP contribution in [0.15, 0.2) is 0 Å². The maximum absolute atomic E-state index is 11.0. The van der Waals surface area contributed by atoms with E-state index in [4.69, 9.17) is 5.11 Å². The second kappa shape index (κ2) is 4.10. The first-order chi connectivity index (χ1) is 7.11. The maximum Gasteiger partial charge on any atom is 0.320 e. The third-order valence-corrected chi connectivity index (χ3v) is 3.68. The highest BCUT2D eigenvalue weighted by Crippen LogP contribution is 2.32. The topological polar surface area (TPSA) is 60.8 Å². The Kier molecular flexibility index (Phi) is 2.98. The molecule has 4 nitrogen and oxygen atoms in total. The third kappa shape index (κ3) is 2.32. The number of rotatable bonds is 3. The quantitative estimate of drug-likeness (QED) is 0.729. The van der Waals surface area contributed by atoms with Crippen LogP contribution in [0.5, 0.6) is 0 Å². The number of carboxylic acids is 1. The van der Waals surface area contributed by atoms with Crippen LogP contribution < -0.4 is 0 Å². The minimum absolute atomic E-state index is 0.366. The van der Waals surface area contributed by atoms with Crippen molar-refractivity contribution < 1.29 is 15.0 Å². The molecule has 2 aliphatic rings. The number of hydrogen-bond acceptors (Lipinski definition) is 3. The van der Waals surface area contributed by atoms with Crippen LogP contribution in [-0.2, 0) is 4.79 Å². The molecule has 1 saturated carbocycles. The molecule has 2 fully saturated rings. The van der Waals surface area contributed by atoms with Crippen LogP contribution in [0.2, 0.25) is 0 Å². The van der Waals surface area contributed by atoms with Crippen molar-refractivity contribution >= 4 is 5.97 Å². The summed E-state index contributed by atoms with van der Waals surface area (Å²) in [6.07, 6.45) is 5.47. The molecular formula is C11H19NO3. The van der Waals surface area contributed by atoms with E-state index in [1.807, 2.05) is 4.90 Å². The van der Waals surface area contributed by atoms with E-state index < -0.39 is 11.6 Å². The van der Waals surface area contributed by atoms with Gasteiger partial charge in [-0.2, -0.15) is 0 Å². The third-order valence-electron chi connectivity index (χ3n) is 3.68. The molecule has 2 N–H and O–H groups in total. The fraction of sp³-hybridized carbons (Fsp3) is 0.909. The van der Waals surface area contributed by atoms with Crippen LogP contribution in [0, 0.1) is 0 Å². The standard InChI is InChI=1S/C11H19NO3/c13-10(14)9-4-3-7-12(9)8-11(15)5-1-2-6-11/h9,15H,1-8H2,(H,13,14). The molecule has 1 atom stereocenters. The SMILES string of the molecule is O=C(O)C1CCCN1CC1(O)CCCC1. The van der Waals surface area contributed by atoms with Crippen molar-refractivity contribution in [3.05, 3.63) is 0 Å². The van der Waals surface area contributed by atoms with E-state index in [1.54, 1.807) is 0 Å². The Bertz CT molecular complexity index is 248. The van der Waals surface area contributed by atoms with Crippen molar-refractivity contribution in [2.24, 2.45) is 0 Å². The number of hydrogen-bond donors (Lipinski definition) is 2. The lowest BCUT2D eigenvalue weighted by Crippen LogP contribution is -2.45. The molecule has 0 spiro atoms. The van der Waals surface area contributed by atoms with Crippen LogP contribution >= 0.6 is 0 Å². The molecule has 0 bridgehead atoms. The molecule has 86 valence electrons. The Morgan fingerprint density at radius 3 is 2.60 bits per heavy atom. The molecule has 1 unspecified atom stereocenters. The zero-order valence-corrected chi connectivity index (χ0v) is 8.98. The van der Waals surface area contributed by atoms with Gasteiger partial charge in [0.2, 0.25) is 0 Å². The summed E-state index contributed by atoms with van der Waals surface area (Å²) in [4.78, 5) is 12.9.